The largest absolute Gasteiger partial charge is 0.396 e. The summed E-state index contributed by atoms with van der Waals surface area (Å²) in [6.45, 7) is 1.55. The molecule has 0 saturated carbocycles. The summed E-state index contributed by atoms with van der Waals surface area (Å²) in [4.78, 5) is 1.19. The first-order chi connectivity index (χ1) is 7.26. The first-order valence-electron chi connectivity index (χ1n) is 4.82. The Hall–Kier alpha value is -0.130. The predicted octanol–water partition coefficient (Wildman–Crippen LogP) is 1.89. The molecule has 1 atom stereocenters. The number of aliphatic hydroxyl groups is 1. The summed E-state index contributed by atoms with van der Waals surface area (Å²) in [6, 6.07) is 2.14. The second-order valence-electron chi connectivity index (χ2n) is 3.28. The summed E-state index contributed by atoms with van der Waals surface area (Å²) >= 11 is 7.45. The van der Waals surface area contributed by atoms with Gasteiger partial charge in [-0.15, -0.1) is 11.3 Å². The third-order valence-electron chi connectivity index (χ3n) is 2.03. The van der Waals surface area contributed by atoms with E-state index in [-0.39, 0.29) is 12.6 Å². The van der Waals surface area contributed by atoms with Crippen molar-refractivity contribution in [3.63, 3.8) is 0 Å². The molecule has 0 aliphatic heterocycles. The molecule has 0 aliphatic rings. The molecule has 86 valence electrons. The zero-order chi connectivity index (χ0) is 11.1. The first kappa shape index (κ1) is 12.9. The fourth-order valence-electron chi connectivity index (χ4n) is 1.29. The molecule has 5 heteroatoms. The van der Waals surface area contributed by atoms with Crippen LogP contribution in [0.1, 0.15) is 11.3 Å². The molecule has 1 rings (SSSR count). The van der Waals surface area contributed by atoms with Gasteiger partial charge in [0.2, 0.25) is 0 Å². The van der Waals surface area contributed by atoms with Crippen LogP contribution in [-0.2, 0) is 11.3 Å². The number of rotatable bonds is 7. The molecular weight excluding hydrogens is 234 g/mol. The predicted molar refractivity (Wildman–Crippen MR) is 63.5 cm³/mol. The molecule has 0 aromatic carbocycles. The van der Waals surface area contributed by atoms with Crippen molar-refractivity contribution >= 4 is 22.9 Å². The Morgan fingerprint density at radius 1 is 1.67 bits per heavy atom. The number of ether oxygens (including phenoxy) is 1. The molecule has 2 N–H and O–H groups in total. The van der Waals surface area contributed by atoms with Gasteiger partial charge in [0.15, 0.2) is 0 Å². The van der Waals surface area contributed by atoms with Crippen LogP contribution in [0.3, 0.4) is 0 Å². The third kappa shape index (κ3) is 4.95. The van der Waals surface area contributed by atoms with E-state index in [4.69, 9.17) is 21.4 Å². The van der Waals surface area contributed by atoms with Gasteiger partial charge in [-0.2, -0.15) is 0 Å². The number of halogens is 1. The minimum atomic E-state index is 0.173. The Morgan fingerprint density at radius 2 is 2.47 bits per heavy atom. The highest BCUT2D eigenvalue weighted by Crippen LogP contribution is 2.18. The van der Waals surface area contributed by atoms with Crippen LogP contribution in [0, 0.1) is 0 Å². The van der Waals surface area contributed by atoms with Crippen molar-refractivity contribution in [1.29, 1.82) is 0 Å². The quantitative estimate of drug-likeness (QED) is 0.776. The lowest BCUT2D eigenvalue weighted by atomic mass is 10.2. The highest BCUT2D eigenvalue weighted by molar-refractivity contribution is 7.10. The number of thiophene rings is 1. The van der Waals surface area contributed by atoms with Crippen molar-refractivity contribution < 1.29 is 9.84 Å². The summed E-state index contributed by atoms with van der Waals surface area (Å²) < 4.78 is 5.05. The summed E-state index contributed by atoms with van der Waals surface area (Å²) in [5.74, 6) is 0. The molecule has 0 fully saturated rings. The Kier molecular flexibility index (Phi) is 6.20. The molecule has 0 bridgehead atoms. The van der Waals surface area contributed by atoms with Crippen LogP contribution in [-0.4, -0.2) is 31.5 Å². The van der Waals surface area contributed by atoms with E-state index >= 15 is 0 Å². The van der Waals surface area contributed by atoms with Gasteiger partial charge in [0.1, 0.15) is 0 Å². The molecule has 0 spiro atoms. The van der Waals surface area contributed by atoms with Crippen LogP contribution in [0.4, 0.5) is 0 Å². The molecule has 1 unspecified atom stereocenters. The Bertz CT molecular complexity index is 274. The molecule has 0 aliphatic carbocycles. The van der Waals surface area contributed by atoms with Gasteiger partial charge in [0.25, 0.3) is 0 Å². The van der Waals surface area contributed by atoms with E-state index in [1.807, 2.05) is 11.4 Å². The van der Waals surface area contributed by atoms with Gasteiger partial charge < -0.3 is 15.2 Å². The van der Waals surface area contributed by atoms with Crippen LogP contribution in [0.2, 0.25) is 5.02 Å². The van der Waals surface area contributed by atoms with Gasteiger partial charge in [-0.05, 0) is 12.5 Å². The fraction of sp³-hybridized carbons (Fsp3) is 0.600. The lowest BCUT2D eigenvalue weighted by molar-refractivity contribution is 0.148. The topological polar surface area (TPSA) is 41.5 Å². The van der Waals surface area contributed by atoms with Gasteiger partial charge >= 0.3 is 0 Å². The van der Waals surface area contributed by atoms with Crippen LogP contribution in [0.5, 0.6) is 0 Å². The summed E-state index contributed by atoms with van der Waals surface area (Å²) in [5.41, 5.74) is 0. The summed E-state index contributed by atoms with van der Waals surface area (Å²) in [6.07, 6.45) is 0.701. The molecule has 0 amide bonds. The molecule has 0 saturated heterocycles. The van der Waals surface area contributed by atoms with Crippen molar-refractivity contribution in [2.45, 2.75) is 19.0 Å². The highest BCUT2D eigenvalue weighted by atomic mass is 35.5. The smallest absolute Gasteiger partial charge is 0.0616 e. The molecule has 1 aromatic rings. The van der Waals surface area contributed by atoms with Crippen molar-refractivity contribution in [2.75, 3.05) is 20.3 Å². The van der Waals surface area contributed by atoms with Crippen molar-refractivity contribution in [3.8, 4) is 0 Å². The number of hydrogen-bond acceptors (Lipinski definition) is 4. The molecule has 1 heterocycles. The maximum Gasteiger partial charge on any atom is 0.0616 e. The summed E-state index contributed by atoms with van der Waals surface area (Å²) in [5, 5.41) is 14.9. The molecule has 3 nitrogen and oxygen atoms in total. The number of methoxy groups -OCH3 is 1. The van der Waals surface area contributed by atoms with Gasteiger partial charge in [-0.3, -0.25) is 0 Å². The van der Waals surface area contributed by atoms with Crippen LogP contribution < -0.4 is 5.32 Å². The van der Waals surface area contributed by atoms with Gasteiger partial charge in [-0.25, -0.2) is 0 Å². The minimum absolute atomic E-state index is 0.173. The molecular formula is C10H16ClNO2S. The lowest BCUT2D eigenvalue weighted by Gasteiger charge is -2.15. The van der Waals surface area contributed by atoms with E-state index in [0.29, 0.717) is 13.0 Å². The summed E-state index contributed by atoms with van der Waals surface area (Å²) in [7, 11) is 1.66. The Balaban J connectivity index is 2.32. The van der Waals surface area contributed by atoms with Crippen LogP contribution in [0.25, 0.3) is 0 Å². The Labute approximate surface area is 99.0 Å². The standard InChI is InChI=1S/C10H16ClNO2S/c1-14-6-9(2-3-13)12-5-10-4-8(11)7-15-10/h4,7,9,12-13H,2-3,5-6H2,1H3. The average Bonchev–Trinajstić information content (AvgIpc) is 2.61. The lowest BCUT2D eigenvalue weighted by Crippen LogP contribution is -2.33. The minimum Gasteiger partial charge on any atom is -0.396 e. The maximum absolute atomic E-state index is 8.85. The molecule has 1 aromatic heterocycles. The molecule has 15 heavy (non-hydrogen) atoms. The second kappa shape index (κ2) is 7.19. The zero-order valence-electron chi connectivity index (χ0n) is 8.70. The van der Waals surface area contributed by atoms with E-state index in [9.17, 15) is 0 Å². The second-order valence-corrected chi connectivity index (χ2v) is 4.71. The monoisotopic (exact) mass is 249 g/mol. The van der Waals surface area contributed by atoms with Gasteiger partial charge in [0, 0.05) is 36.6 Å². The zero-order valence-corrected chi connectivity index (χ0v) is 10.3. The fourth-order valence-corrected chi connectivity index (χ4v) is 2.32. The van der Waals surface area contributed by atoms with E-state index in [1.54, 1.807) is 18.4 Å². The first-order valence-corrected chi connectivity index (χ1v) is 6.08. The Morgan fingerprint density at radius 3 is 3.00 bits per heavy atom. The van der Waals surface area contributed by atoms with Crippen LogP contribution in [0.15, 0.2) is 11.4 Å². The van der Waals surface area contributed by atoms with Crippen molar-refractivity contribution in [2.24, 2.45) is 0 Å². The normalized spacial score (nSPS) is 13.0. The van der Waals surface area contributed by atoms with E-state index < -0.39 is 0 Å². The average molecular weight is 250 g/mol. The van der Waals surface area contributed by atoms with E-state index in [2.05, 4.69) is 5.32 Å². The molecule has 0 radical (unpaired) electrons. The number of hydrogen-bond donors (Lipinski definition) is 2. The van der Waals surface area contributed by atoms with E-state index in [0.717, 1.165) is 11.6 Å². The highest BCUT2D eigenvalue weighted by Gasteiger charge is 2.07. The number of aliphatic hydroxyl groups excluding tert-OH is 1. The SMILES string of the molecule is COCC(CCO)NCc1cc(Cl)cs1. The van der Waals surface area contributed by atoms with E-state index in [1.165, 1.54) is 4.88 Å². The van der Waals surface area contributed by atoms with Gasteiger partial charge in [-0.1, -0.05) is 11.6 Å². The number of nitrogens with one attached hydrogen (secondary N) is 1. The van der Waals surface area contributed by atoms with Crippen LogP contribution >= 0.6 is 22.9 Å². The maximum atomic E-state index is 8.85. The third-order valence-corrected chi connectivity index (χ3v) is 3.32. The van der Waals surface area contributed by atoms with Gasteiger partial charge in [0.05, 0.1) is 11.6 Å². The van der Waals surface area contributed by atoms with Crippen molar-refractivity contribution in [1.82, 2.24) is 5.32 Å². The van der Waals surface area contributed by atoms with Crippen molar-refractivity contribution in [3.05, 3.63) is 21.3 Å².